The van der Waals surface area contributed by atoms with Gasteiger partial charge >= 0.3 is 0 Å². The molecule has 0 saturated carbocycles. The van der Waals surface area contributed by atoms with Gasteiger partial charge in [0.15, 0.2) is 0 Å². The van der Waals surface area contributed by atoms with Gasteiger partial charge in [0.25, 0.3) is 0 Å². The largest absolute Gasteiger partial charge is 0.305 e. The number of aromatic nitrogens is 1. The average Bonchev–Trinajstić information content (AvgIpc) is 2.61. The third-order valence-electron chi connectivity index (χ3n) is 4.18. The molecule has 0 spiro atoms. The van der Waals surface area contributed by atoms with Gasteiger partial charge in [0.05, 0.1) is 0 Å². The molecule has 23 heavy (non-hydrogen) atoms. The Morgan fingerprint density at radius 1 is 0.913 bits per heavy atom. The summed E-state index contributed by atoms with van der Waals surface area (Å²) in [6.45, 7) is 2.16. The number of hydrogen-bond acceptors (Lipinski definition) is 1. The van der Waals surface area contributed by atoms with E-state index in [9.17, 15) is 0 Å². The first-order chi connectivity index (χ1) is 10.8. The molecule has 2 heteroatoms. The second-order valence-corrected chi connectivity index (χ2v) is 5.54. The number of fused-ring (bicyclic) bond motifs is 3. The quantitative estimate of drug-likeness (QED) is 0.280. The van der Waals surface area contributed by atoms with Gasteiger partial charge in [-0.3, -0.25) is 0 Å². The van der Waals surface area contributed by atoms with Crippen molar-refractivity contribution in [3.05, 3.63) is 78.5 Å². The summed E-state index contributed by atoms with van der Waals surface area (Å²) in [7, 11) is 0. The van der Waals surface area contributed by atoms with Crippen molar-refractivity contribution in [3.8, 4) is 11.3 Å². The van der Waals surface area contributed by atoms with Gasteiger partial charge in [-0.15, -0.1) is 29.1 Å². The van der Waals surface area contributed by atoms with Crippen LogP contribution in [0.25, 0.3) is 32.8 Å². The van der Waals surface area contributed by atoms with E-state index in [-0.39, 0.29) is 20.1 Å². The molecule has 0 amide bonds. The van der Waals surface area contributed by atoms with Crippen molar-refractivity contribution < 1.29 is 20.1 Å². The van der Waals surface area contributed by atoms with E-state index < -0.39 is 0 Å². The number of nitrogens with zero attached hydrogens (tertiary/aromatic N) is 1. The molecule has 0 aliphatic rings. The number of rotatable bonds is 2. The summed E-state index contributed by atoms with van der Waals surface area (Å²) >= 11 is 0. The van der Waals surface area contributed by atoms with Crippen molar-refractivity contribution >= 4 is 21.5 Å². The van der Waals surface area contributed by atoms with E-state index in [2.05, 4.69) is 78.6 Å². The molecule has 1 nitrogen and oxygen atoms in total. The molecule has 0 bridgehead atoms. The van der Waals surface area contributed by atoms with Crippen molar-refractivity contribution in [1.82, 2.24) is 4.98 Å². The van der Waals surface area contributed by atoms with Gasteiger partial charge in [0.2, 0.25) is 0 Å². The number of benzene rings is 3. The Morgan fingerprint density at radius 3 is 2.61 bits per heavy atom. The minimum atomic E-state index is 0. The van der Waals surface area contributed by atoms with Crippen molar-refractivity contribution in [3.63, 3.8) is 0 Å². The van der Waals surface area contributed by atoms with Crippen LogP contribution < -0.4 is 0 Å². The van der Waals surface area contributed by atoms with E-state index in [1.807, 2.05) is 6.20 Å². The van der Waals surface area contributed by atoms with Crippen molar-refractivity contribution in [2.24, 2.45) is 0 Å². The van der Waals surface area contributed by atoms with Crippen molar-refractivity contribution in [1.29, 1.82) is 0 Å². The zero-order valence-corrected chi connectivity index (χ0v) is 15.2. The molecule has 0 unspecified atom stereocenters. The second kappa shape index (κ2) is 6.62. The maximum Gasteiger partial charge on any atom is 0.0163 e. The maximum atomic E-state index is 4.50. The molecular weight excluding hydrogens is 458 g/mol. The average molecular weight is 475 g/mol. The normalized spacial score (nSPS) is 10.7. The van der Waals surface area contributed by atoms with E-state index in [4.69, 9.17) is 0 Å². The molecule has 1 heterocycles. The molecule has 4 rings (SSSR count). The predicted molar refractivity (Wildman–Crippen MR) is 92.9 cm³/mol. The van der Waals surface area contributed by atoms with Gasteiger partial charge in [-0.1, -0.05) is 65.7 Å². The SMILES string of the molecule is CCc1ccnc(-c2[c-]cc3c(ccc4ccccc43)c2)c1.[Ir]. The molecule has 0 atom stereocenters. The zero-order valence-electron chi connectivity index (χ0n) is 12.8. The zero-order chi connectivity index (χ0) is 14.9. The Morgan fingerprint density at radius 2 is 1.74 bits per heavy atom. The third-order valence-corrected chi connectivity index (χ3v) is 4.18. The summed E-state index contributed by atoms with van der Waals surface area (Å²) in [4.78, 5) is 4.50. The second-order valence-electron chi connectivity index (χ2n) is 5.54. The Kier molecular flexibility index (Phi) is 4.56. The smallest absolute Gasteiger partial charge is 0.0163 e. The molecule has 115 valence electrons. The topological polar surface area (TPSA) is 12.9 Å². The number of aryl methyl sites for hydroxylation is 1. The Bertz CT molecular complexity index is 975. The first-order valence-corrected chi connectivity index (χ1v) is 7.63. The van der Waals surface area contributed by atoms with Crippen LogP contribution in [-0.4, -0.2) is 4.98 Å². The first-order valence-electron chi connectivity index (χ1n) is 7.63. The van der Waals surface area contributed by atoms with Gasteiger partial charge in [-0.2, -0.15) is 0 Å². The maximum absolute atomic E-state index is 4.50. The van der Waals surface area contributed by atoms with Gasteiger partial charge < -0.3 is 4.98 Å². The molecule has 0 fully saturated rings. The van der Waals surface area contributed by atoms with Gasteiger partial charge in [0.1, 0.15) is 0 Å². The summed E-state index contributed by atoms with van der Waals surface area (Å²) in [5, 5.41) is 5.02. The van der Waals surface area contributed by atoms with Crippen LogP contribution in [0.15, 0.2) is 66.9 Å². The molecule has 1 radical (unpaired) electrons. The molecule has 0 aliphatic heterocycles. The molecule has 4 aromatic rings. The standard InChI is InChI=1S/C21H16N.Ir/c1-2-15-11-12-22-21(13-15)18-9-10-20-17(14-18)8-7-16-5-3-4-6-19(16)20;/h3-8,10-14H,2H2,1H3;/q-1;. The molecule has 3 aromatic carbocycles. The predicted octanol–water partition coefficient (Wildman–Crippen LogP) is 5.42. The summed E-state index contributed by atoms with van der Waals surface area (Å²) in [6.07, 6.45) is 2.90. The van der Waals surface area contributed by atoms with E-state index in [0.29, 0.717) is 0 Å². The minimum absolute atomic E-state index is 0. The summed E-state index contributed by atoms with van der Waals surface area (Å²) in [5.41, 5.74) is 3.35. The van der Waals surface area contributed by atoms with E-state index in [0.717, 1.165) is 17.7 Å². The Labute approximate surface area is 149 Å². The van der Waals surface area contributed by atoms with Crippen LogP contribution in [0.5, 0.6) is 0 Å². The van der Waals surface area contributed by atoms with Crippen LogP contribution in [0.2, 0.25) is 0 Å². The molecule has 0 aliphatic carbocycles. The Balaban J connectivity index is 0.00000156. The van der Waals surface area contributed by atoms with E-state index >= 15 is 0 Å². The summed E-state index contributed by atoms with van der Waals surface area (Å²) in [5.74, 6) is 0. The van der Waals surface area contributed by atoms with Gasteiger partial charge in [-0.05, 0) is 23.6 Å². The van der Waals surface area contributed by atoms with E-state index in [1.54, 1.807) is 0 Å². The molecule has 1 aromatic heterocycles. The van der Waals surface area contributed by atoms with Crippen LogP contribution in [0.3, 0.4) is 0 Å². The molecular formula is C21H16IrN-. The molecule has 0 saturated heterocycles. The van der Waals surface area contributed by atoms with Crippen LogP contribution in [0, 0.1) is 6.07 Å². The van der Waals surface area contributed by atoms with Crippen molar-refractivity contribution in [2.45, 2.75) is 13.3 Å². The fourth-order valence-electron chi connectivity index (χ4n) is 2.94. The minimum Gasteiger partial charge on any atom is -0.305 e. The van der Waals surface area contributed by atoms with Gasteiger partial charge in [-0.25, -0.2) is 0 Å². The van der Waals surface area contributed by atoms with Crippen molar-refractivity contribution in [2.75, 3.05) is 0 Å². The monoisotopic (exact) mass is 475 g/mol. The summed E-state index contributed by atoms with van der Waals surface area (Å²) < 4.78 is 0. The van der Waals surface area contributed by atoms with Crippen LogP contribution in [0.4, 0.5) is 0 Å². The third kappa shape index (κ3) is 2.93. The summed E-state index contributed by atoms with van der Waals surface area (Å²) in [6, 6.07) is 24.7. The van der Waals surface area contributed by atoms with E-state index in [1.165, 1.54) is 27.1 Å². The van der Waals surface area contributed by atoms with Crippen LogP contribution >= 0.6 is 0 Å². The number of pyridine rings is 1. The number of hydrogen-bond donors (Lipinski definition) is 0. The fraction of sp³-hybridized carbons (Fsp3) is 0.0952. The first kappa shape index (κ1) is 15.9. The van der Waals surface area contributed by atoms with Gasteiger partial charge in [0, 0.05) is 26.3 Å². The molecule has 0 N–H and O–H groups in total. The van der Waals surface area contributed by atoms with Crippen LogP contribution in [0.1, 0.15) is 12.5 Å². The van der Waals surface area contributed by atoms with Crippen LogP contribution in [-0.2, 0) is 26.5 Å². The fourth-order valence-corrected chi connectivity index (χ4v) is 2.94. The Hall–Kier alpha value is -2.02.